The standard InChI is InChI=1S/C26H25N3O2/c30-25(28-20-12-6-2-7-13-20)24-23-22(26(31)29(24)21-14-8-3-9-15-21)16-19(17-27-23)18-10-4-1-5-11-18/h1,3-5,8-11,14-17,20,24H,2,6-7,12-13H2,(H,28,30). The second-order valence-electron chi connectivity index (χ2n) is 8.28. The SMILES string of the molecule is O=C(NC1CCCCC1)C1c2ncc(-c3ccccc3)cc2C(=O)N1c1ccccc1. The molecule has 0 saturated heterocycles. The molecule has 31 heavy (non-hydrogen) atoms. The lowest BCUT2D eigenvalue weighted by Gasteiger charge is -2.28. The lowest BCUT2D eigenvalue weighted by molar-refractivity contribution is -0.123. The Morgan fingerprint density at radius 1 is 0.903 bits per heavy atom. The number of nitrogens with one attached hydrogen (secondary N) is 1. The van der Waals surface area contributed by atoms with Crippen LogP contribution in [-0.2, 0) is 4.79 Å². The highest BCUT2D eigenvalue weighted by Gasteiger charge is 2.44. The zero-order chi connectivity index (χ0) is 21.2. The molecule has 5 nitrogen and oxygen atoms in total. The van der Waals surface area contributed by atoms with Crippen LogP contribution >= 0.6 is 0 Å². The molecule has 1 saturated carbocycles. The number of amides is 2. The van der Waals surface area contributed by atoms with E-state index in [1.165, 1.54) is 6.42 Å². The molecular weight excluding hydrogens is 386 g/mol. The van der Waals surface area contributed by atoms with Crippen LogP contribution in [0, 0.1) is 0 Å². The Labute approximate surface area is 182 Å². The maximum absolute atomic E-state index is 13.5. The summed E-state index contributed by atoms with van der Waals surface area (Å²) >= 11 is 0. The Bertz CT molecular complexity index is 1090. The molecular formula is C26H25N3O2. The summed E-state index contributed by atoms with van der Waals surface area (Å²) in [6.45, 7) is 0. The third-order valence-electron chi connectivity index (χ3n) is 6.23. The maximum atomic E-state index is 13.5. The zero-order valence-corrected chi connectivity index (χ0v) is 17.3. The van der Waals surface area contributed by atoms with Crippen molar-refractivity contribution in [1.82, 2.24) is 10.3 Å². The molecule has 1 atom stereocenters. The number of para-hydroxylation sites is 1. The van der Waals surface area contributed by atoms with Gasteiger partial charge in [-0.2, -0.15) is 0 Å². The van der Waals surface area contributed by atoms with Crippen LogP contribution in [-0.4, -0.2) is 22.8 Å². The minimum Gasteiger partial charge on any atom is -0.351 e. The lowest BCUT2D eigenvalue weighted by atomic mass is 9.95. The van der Waals surface area contributed by atoms with Crippen LogP contribution in [0.3, 0.4) is 0 Å². The molecule has 1 aromatic heterocycles. The maximum Gasteiger partial charge on any atom is 0.261 e. The van der Waals surface area contributed by atoms with Crippen molar-refractivity contribution in [2.45, 2.75) is 44.2 Å². The highest BCUT2D eigenvalue weighted by molar-refractivity contribution is 6.15. The summed E-state index contributed by atoms with van der Waals surface area (Å²) in [7, 11) is 0. The Morgan fingerprint density at radius 3 is 2.29 bits per heavy atom. The van der Waals surface area contributed by atoms with Gasteiger partial charge in [0.25, 0.3) is 5.91 Å². The molecule has 2 amide bonds. The van der Waals surface area contributed by atoms with E-state index in [0.29, 0.717) is 16.9 Å². The number of aromatic nitrogens is 1. The van der Waals surface area contributed by atoms with Gasteiger partial charge >= 0.3 is 0 Å². The molecule has 1 fully saturated rings. The van der Waals surface area contributed by atoms with Gasteiger partial charge in [0.15, 0.2) is 6.04 Å². The van der Waals surface area contributed by atoms with E-state index in [-0.39, 0.29) is 17.9 Å². The third kappa shape index (κ3) is 3.72. The first-order chi connectivity index (χ1) is 15.2. The van der Waals surface area contributed by atoms with Crippen molar-refractivity contribution >= 4 is 17.5 Å². The van der Waals surface area contributed by atoms with E-state index in [1.807, 2.05) is 66.7 Å². The molecule has 3 aromatic rings. The molecule has 156 valence electrons. The number of carbonyl (C=O) groups is 2. The summed E-state index contributed by atoms with van der Waals surface area (Å²) in [5.74, 6) is -0.335. The molecule has 0 bridgehead atoms. The second kappa shape index (κ2) is 8.34. The van der Waals surface area contributed by atoms with Crippen LogP contribution in [0.15, 0.2) is 72.9 Å². The predicted molar refractivity (Wildman–Crippen MR) is 121 cm³/mol. The molecule has 2 aliphatic rings. The molecule has 0 spiro atoms. The van der Waals surface area contributed by atoms with E-state index < -0.39 is 6.04 Å². The smallest absolute Gasteiger partial charge is 0.261 e. The first-order valence-electron chi connectivity index (χ1n) is 11.0. The highest BCUT2D eigenvalue weighted by atomic mass is 16.2. The van der Waals surface area contributed by atoms with E-state index in [9.17, 15) is 9.59 Å². The Morgan fingerprint density at radius 2 is 1.58 bits per heavy atom. The van der Waals surface area contributed by atoms with Crippen LogP contribution in [0.4, 0.5) is 5.69 Å². The van der Waals surface area contributed by atoms with Crippen molar-refractivity contribution in [2.24, 2.45) is 0 Å². The quantitative estimate of drug-likeness (QED) is 0.664. The molecule has 0 radical (unpaired) electrons. The first kappa shape index (κ1) is 19.5. The number of rotatable bonds is 4. The number of hydrogen-bond donors (Lipinski definition) is 1. The van der Waals surface area contributed by atoms with Gasteiger partial charge < -0.3 is 5.32 Å². The summed E-state index contributed by atoms with van der Waals surface area (Å²) in [6, 6.07) is 20.5. The predicted octanol–water partition coefficient (Wildman–Crippen LogP) is 4.90. The summed E-state index contributed by atoms with van der Waals surface area (Å²) in [4.78, 5) is 33.1. The molecule has 1 aliphatic heterocycles. The molecule has 1 aliphatic carbocycles. The fraction of sp³-hybridized carbons (Fsp3) is 0.269. The number of benzene rings is 2. The average molecular weight is 412 g/mol. The topological polar surface area (TPSA) is 62.3 Å². The number of pyridine rings is 1. The second-order valence-corrected chi connectivity index (χ2v) is 8.28. The van der Waals surface area contributed by atoms with Gasteiger partial charge in [0.2, 0.25) is 5.91 Å². The summed E-state index contributed by atoms with van der Waals surface area (Å²) in [6.07, 6.45) is 7.22. The fourth-order valence-corrected chi connectivity index (χ4v) is 4.65. The summed E-state index contributed by atoms with van der Waals surface area (Å²) < 4.78 is 0. The van der Waals surface area contributed by atoms with Crippen LogP contribution in [0.1, 0.15) is 54.2 Å². The van der Waals surface area contributed by atoms with E-state index >= 15 is 0 Å². The minimum absolute atomic E-state index is 0.150. The Hall–Kier alpha value is -3.47. The van der Waals surface area contributed by atoms with Gasteiger partial charge in [-0.05, 0) is 36.6 Å². The van der Waals surface area contributed by atoms with Gasteiger partial charge in [-0.1, -0.05) is 67.8 Å². The number of anilines is 1. The zero-order valence-electron chi connectivity index (χ0n) is 17.3. The molecule has 2 heterocycles. The van der Waals surface area contributed by atoms with Gasteiger partial charge in [0, 0.05) is 23.5 Å². The molecule has 2 aromatic carbocycles. The van der Waals surface area contributed by atoms with Crippen molar-refractivity contribution in [1.29, 1.82) is 0 Å². The monoisotopic (exact) mass is 411 g/mol. The summed E-state index contributed by atoms with van der Waals surface area (Å²) in [5, 5.41) is 3.20. The van der Waals surface area contributed by atoms with Crippen molar-refractivity contribution in [3.05, 3.63) is 84.2 Å². The molecule has 1 N–H and O–H groups in total. The van der Waals surface area contributed by atoms with E-state index in [2.05, 4.69) is 10.3 Å². The number of fused-ring (bicyclic) bond motifs is 1. The highest BCUT2D eigenvalue weighted by Crippen LogP contribution is 2.38. The van der Waals surface area contributed by atoms with Gasteiger partial charge in [-0.15, -0.1) is 0 Å². The minimum atomic E-state index is -0.753. The number of hydrogen-bond acceptors (Lipinski definition) is 3. The van der Waals surface area contributed by atoms with Crippen LogP contribution in [0.5, 0.6) is 0 Å². The van der Waals surface area contributed by atoms with Gasteiger partial charge in [-0.3, -0.25) is 19.5 Å². The molecule has 5 heteroatoms. The van der Waals surface area contributed by atoms with E-state index in [0.717, 1.165) is 36.8 Å². The lowest BCUT2D eigenvalue weighted by Crippen LogP contribution is -2.44. The van der Waals surface area contributed by atoms with Gasteiger partial charge in [0.05, 0.1) is 11.3 Å². The van der Waals surface area contributed by atoms with E-state index in [1.54, 1.807) is 11.1 Å². The van der Waals surface area contributed by atoms with Gasteiger partial charge in [-0.25, -0.2) is 0 Å². The number of nitrogens with zero attached hydrogens (tertiary/aromatic N) is 2. The van der Waals surface area contributed by atoms with Crippen LogP contribution in [0.2, 0.25) is 0 Å². The van der Waals surface area contributed by atoms with E-state index in [4.69, 9.17) is 0 Å². The summed E-state index contributed by atoms with van der Waals surface area (Å²) in [5.41, 5.74) is 3.59. The average Bonchev–Trinajstić information content (AvgIpc) is 3.13. The molecule has 5 rings (SSSR count). The Kier molecular flexibility index (Phi) is 5.24. The van der Waals surface area contributed by atoms with Crippen molar-refractivity contribution in [3.8, 4) is 11.1 Å². The first-order valence-corrected chi connectivity index (χ1v) is 11.0. The number of carbonyl (C=O) groups excluding carboxylic acids is 2. The normalized spacial score (nSPS) is 18.6. The molecule has 1 unspecified atom stereocenters. The fourth-order valence-electron chi connectivity index (χ4n) is 4.65. The van der Waals surface area contributed by atoms with Crippen molar-refractivity contribution < 1.29 is 9.59 Å². The van der Waals surface area contributed by atoms with Gasteiger partial charge in [0.1, 0.15) is 0 Å². The largest absolute Gasteiger partial charge is 0.351 e. The van der Waals surface area contributed by atoms with Crippen molar-refractivity contribution in [3.63, 3.8) is 0 Å². The Balaban J connectivity index is 1.54. The van der Waals surface area contributed by atoms with Crippen LogP contribution in [0.25, 0.3) is 11.1 Å². The van der Waals surface area contributed by atoms with Crippen LogP contribution < -0.4 is 10.2 Å². The third-order valence-corrected chi connectivity index (χ3v) is 6.23. The van der Waals surface area contributed by atoms with Crippen molar-refractivity contribution in [2.75, 3.05) is 4.90 Å².